The Kier molecular flexibility index (Phi) is 1.91. The Labute approximate surface area is 62.2 Å². The molecule has 0 spiro atoms. The lowest BCUT2D eigenvalue weighted by molar-refractivity contribution is 1.33. The van der Waals surface area contributed by atoms with E-state index in [-0.39, 0.29) is 0 Å². The molecule has 0 unspecified atom stereocenters. The minimum Gasteiger partial charge on any atom is -0.0617 e. The van der Waals surface area contributed by atoms with Crippen LogP contribution >= 0.6 is 0 Å². The predicted octanol–water partition coefficient (Wildman–Crippen LogP) is 2.75. The maximum Gasteiger partial charge on any atom is -0.0254 e. The Morgan fingerprint density at radius 3 is 2.40 bits per heavy atom. The fraction of sp³-hybridized carbons (Fsp3) is 0.200. The average Bonchev–Trinajstić information content (AvgIpc) is 1.95. The number of rotatable bonds is 1. The van der Waals surface area contributed by atoms with Gasteiger partial charge in [0, 0.05) is 0 Å². The molecule has 1 aromatic rings. The van der Waals surface area contributed by atoms with E-state index in [0.717, 1.165) is 5.56 Å². The van der Waals surface area contributed by atoms with Crippen LogP contribution in [0, 0.1) is 20.4 Å². The molecule has 0 heterocycles. The topological polar surface area (TPSA) is 0 Å². The second-order valence-electron chi connectivity index (χ2n) is 2.51. The number of hydrogen-bond donors (Lipinski definition) is 0. The molecule has 0 aliphatic rings. The summed E-state index contributed by atoms with van der Waals surface area (Å²) in [6, 6.07) is 6.17. The normalized spacial score (nSPS) is 9.40. The molecular formula is C10H11. The molecule has 0 fully saturated rings. The second kappa shape index (κ2) is 2.70. The van der Waals surface area contributed by atoms with Crippen molar-refractivity contribution < 1.29 is 0 Å². The largest absolute Gasteiger partial charge is 0.0617 e. The van der Waals surface area contributed by atoms with Gasteiger partial charge < -0.3 is 0 Å². The van der Waals surface area contributed by atoms with Gasteiger partial charge in [-0.3, -0.25) is 0 Å². The van der Waals surface area contributed by atoms with Gasteiger partial charge in [0.25, 0.3) is 0 Å². The van der Waals surface area contributed by atoms with E-state index < -0.39 is 0 Å². The summed E-state index contributed by atoms with van der Waals surface area (Å²) in [4.78, 5) is 0. The lowest BCUT2D eigenvalue weighted by Gasteiger charge is -1.99. The van der Waals surface area contributed by atoms with Gasteiger partial charge in [0.05, 0.1) is 0 Å². The van der Waals surface area contributed by atoms with Crippen LogP contribution in [0.3, 0.4) is 0 Å². The summed E-state index contributed by atoms with van der Waals surface area (Å²) in [6.45, 7) is 9.52. The molecular weight excluding hydrogens is 120 g/mol. The highest BCUT2D eigenvalue weighted by Gasteiger charge is 1.90. The highest BCUT2D eigenvalue weighted by Crippen LogP contribution is 2.09. The smallest absolute Gasteiger partial charge is 0.0254 e. The fourth-order valence-corrected chi connectivity index (χ4v) is 0.868. The van der Waals surface area contributed by atoms with E-state index >= 15 is 0 Å². The van der Waals surface area contributed by atoms with E-state index in [4.69, 9.17) is 6.58 Å². The minimum atomic E-state index is 1.09. The molecule has 0 nitrogen and oxygen atoms in total. The summed E-state index contributed by atoms with van der Waals surface area (Å²) in [5, 5.41) is 0. The van der Waals surface area contributed by atoms with Gasteiger partial charge in [-0.2, -0.15) is 0 Å². The molecule has 0 saturated heterocycles. The summed E-state index contributed by atoms with van der Waals surface area (Å²) < 4.78 is 0. The highest BCUT2D eigenvalue weighted by atomic mass is 14.0. The van der Waals surface area contributed by atoms with Gasteiger partial charge in [0.15, 0.2) is 0 Å². The van der Waals surface area contributed by atoms with Crippen molar-refractivity contribution in [3.05, 3.63) is 41.5 Å². The van der Waals surface area contributed by atoms with Crippen molar-refractivity contribution in [3.8, 4) is 0 Å². The number of benzene rings is 1. The maximum atomic E-state index is 5.34. The van der Waals surface area contributed by atoms with E-state index in [1.165, 1.54) is 11.1 Å². The predicted molar refractivity (Wildman–Crippen MR) is 44.7 cm³/mol. The average molecular weight is 131 g/mol. The van der Waals surface area contributed by atoms with Crippen molar-refractivity contribution in [1.82, 2.24) is 0 Å². The minimum absolute atomic E-state index is 1.09. The van der Waals surface area contributed by atoms with Crippen LogP contribution in [-0.2, 0) is 0 Å². The molecule has 10 heavy (non-hydrogen) atoms. The van der Waals surface area contributed by atoms with Gasteiger partial charge in [0.2, 0.25) is 0 Å². The lowest BCUT2D eigenvalue weighted by atomic mass is 10.1. The summed E-state index contributed by atoms with van der Waals surface area (Å²) in [6.07, 6.45) is 1.62. The third-order valence-corrected chi connectivity index (χ3v) is 1.72. The van der Waals surface area contributed by atoms with Crippen molar-refractivity contribution >= 4 is 6.08 Å². The van der Waals surface area contributed by atoms with E-state index in [1.807, 2.05) is 6.07 Å². The fourth-order valence-electron chi connectivity index (χ4n) is 0.868. The first kappa shape index (κ1) is 7.07. The second-order valence-corrected chi connectivity index (χ2v) is 2.51. The number of aryl methyl sites for hydroxylation is 2. The first-order valence-electron chi connectivity index (χ1n) is 3.36. The van der Waals surface area contributed by atoms with Gasteiger partial charge in [0.1, 0.15) is 0 Å². The first-order chi connectivity index (χ1) is 4.74. The Morgan fingerprint density at radius 2 is 1.90 bits per heavy atom. The van der Waals surface area contributed by atoms with E-state index in [1.54, 1.807) is 6.08 Å². The zero-order valence-electron chi connectivity index (χ0n) is 6.39. The van der Waals surface area contributed by atoms with Crippen molar-refractivity contribution in [1.29, 1.82) is 0 Å². The van der Waals surface area contributed by atoms with Crippen LogP contribution in [0.4, 0.5) is 0 Å². The molecule has 0 aliphatic carbocycles. The molecule has 0 aliphatic heterocycles. The van der Waals surface area contributed by atoms with Crippen LogP contribution in [0.25, 0.3) is 6.08 Å². The molecule has 0 bridgehead atoms. The van der Waals surface area contributed by atoms with Gasteiger partial charge in [-0.05, 0) is 30.5 Å². The van der Waals surface area contributed by atoms with E-state index in [0.29, 0.717) is 0 Å². The van der Waals surface area contributed by atoms with Crippen molar-refractivity contribution in [2.24, 2.45) is 0 Å². The molecule has 0 saturated carbocycles. The van der Waals surface area contributed by atoms with Crippen molar-refractivity contribution in [3.63, 3.8) is 0 Å². The van der Waals surface area contributed by atoms with Crippen LogP contribution in [0.15, 0.2) is 18.2 Å². The molecule has 0 aromatic heterocycles. The summed E-state index contributed by atoms with van der Waals surface area (Å²) >= 11 is 0. The maximum absolute atomic E-state index is 5.34. The Hall–Kier alpha value is -1.04. The summed E-state index contributed by atoms with van der Waals surface area (Å²) in [5.41, 5.74) is 3.69. The van der Waals surface area contributed by atoms with Crippen LogP contribution < -0.4 is 0 Å². The van der Waals surface area contributed by atoms with Crippen LogP contribution in [0.1, 0.15) is 16.7 Å². The molecule has 0 amide bonds. The third-order valence-electron chi connectivity index (χ3n) is 1.72. The van der Waals surface area contributed by atoms with Gasteiger partial charge in [-0.15, -0.1) is 0 Å². The van der Waals surface area contributed by atoms with Crippen molar-refractivity contribution in [2.45, 2.75) is 13.8 Å². The lowest BCUT2D eigenvalue weighted by Crippen LogP contribution is -1.80. The zero-order chi connectivity index (χ0) is 7.56. The van der Waals surface area contributed by atoms with Crippen molar-refractivity contribution in [2.75, 3.05) is 0 Å². The van der Waals surface area contributed by atoms with Crippen LogP contribution in [0.5, 0.6) is 0 Å². The molecule has 0 atom stereocenters. The molecule has 0 N–H and O–H groups in total. The SMILES string of the molecule is [CH]=Cc1ccc(C)c(C)c1. The first-order valence-corrected chi connectivity index (χ1v) is 3.36. The summed E-state index contributed by atoms with van der Waals surface area (Å²) in [7, 11) is 0. The van der Waals surface area contributed by atoms with E-state index in [9.17, 15) is 0 Å². The molecule has 1 rings (SSSR count). The van der Waals surface area contributed by atoms with Crippen LogP contribution in [0.2, 0.25) is 0 Å². The van der Waals surface area contributed by atoms with E-state index in [2.05, 4.69) is 26.0 Å². The molecule has 1 radical (unpaired) electrons. The quantitative estimate of drug-likeness (QED) is 0.549. The van der Waals surface area contributed by atoms with Gasteiger partial charge >= 0.3 is 0 Å². The standard InChI is InChI=1S/C10H11/c1-4-10-6-5-8(2)9(3)7-10/h1,4-7H,2-3H3. The highest BCUT2D eigenvalue weighted by molar-refractivity contribution is 5.48. The Balaban J connectivity index is 3.16. The van der Waals surface area contributed by atoms with Gasteiger partial charge in [-0.25, -0.2) is 0 Å². The molecule has 51 valence electrons. The number of hydrogen-bond acceptors (Lipinski definition) is 0. The Bertz CT molecular complexity index is 246. The monoisotopic (exact) mass is 131 g/mol. The molecule has 0 heteroatoms. The third kappa shape index (κ3) is 1.27. The van der Waals surface area contributed by atoms with Crippen LogP contribution in [-0.4, -0.2) is 0 Å². The molecule has 1 aromatic carbocycles. The summed E-state index contributed by atoms with van der Waals surface area (Å²) in [5.74, 6) is 0. The Morgan fingerprint density at radius 1 is 1.20 bits per heavy atom. The van der Waals surface area contributed by atoms with Gasteiger partial charge in [-0.1, -0.05) is 30.9 Å². The zero-order valence-corrected chi connectivity index (χ0v) is 6.39.